The second-order valence-electron chi connectivity index (χ2n) is 2.09. The van der Waals surface area contributed by atoms with Crippen molar-refractivity contribution in [2.24, 2.45) is 0 Å². The Labute approximate surface area is 66.8 Å². The molecule has 0 aliphatic carbocycles. The lowest BCUT2D eigenvalue weighted by Gasteiger charge is -2.09. The van der Waals surface area contributed by atoms with E-state index < -0.39 is 10.0 Å². The Morgan fingerprint density at radius 3 is 2.20 bits per heavy atom. The van der Waals surface area contributed by atoms with E-state index in [4.69, 9.17) is 0 Å². The molecule has 0 aliphatic heterocycles. The molecule has 0 fully saturated rings. The van der Waals surface area contributed by atoms with Gasteiger partial charge in [-0.25, -0.2) is 12.7 Å². The molecule has 62 valence electrons. The fraction of sp³-hybridized carbons (Fsp3) is 1.00. The smallest absolute Gasteiger partial charge is 0.212 e. The Morgan fingerprint density at radius 2 is 1.90 bits per heavy atom. The molecule has 0 radical (unpaired) electrons. The summed E-state index contributed by atoms with van der Waals surface area (Å²) in [6.07, 6.45) is 1.89. The molecule has 0 aromatic carbocycles. The van der Waals surface area contributed by atoms with Crippen molar-refractivity contribution in [3.8, 4) is 0 Å². The van der Waals surface area contributed by atoms with E-state index >= 15 is 0 Å². The fourth-order valence-corrected chi connectivity index (χ4v) is 2.25. The van der Waals surface area contributed by atoms with E-state index in [-0.39, 0.29) is 5.75 Å². The Bertz CT molecular complexity index is 174. The summed E-state index contributed by atoms with van der Waals surface area (Å²) in [7, 11) is 0.155. The van der Waals surface area contributed by atoms with Crippen molar-refractivity contribution in [2.75, 3.05) is 31.9 Å². The number of thioether (sulfide) groups is 1. The normalized spacial score (nSPS) is 12.4. The van der Waals surface area contributed by atoms with Crippen LogP contribution in [0, 0.1) is 0 Å². The molecule has 0 atom stereocenters. The van der Waals surface area contributed by atoms with Crippen molar-refractivity contribution in [3.63, 3.8) is 0 Å². The SMILES string of the molecule is CSCCS(=O)(=O)N(C)C. The van der Waals surface area contributed by atoms with E-state index in [0.29, 0.717) is 5.75 Å². The van der Waals surface area contributed by atoms with Crippen molar-refractivity contribution >= 4 is 21.8 Å². The van der Waals surface area contributed by atoms with Crippen LogP contribution in [0.3, 0.4) is 0 Å². The molecule has 0 spiro atoms. The third-order valence-electron chi connectivity index (χ3n) is 1.10. The average Bonchev–Trinajstić information content (AvgIpc) is 1.84. The van der Waals surface area contributed by atoms with Gasteiger partial charge in [0.05, 0.1) is 5.75 Å². The maximum absolute atomic E-state index is 11.0. The second kappa shape index (κ2) is 4.20. The van der Waals surface area contributed by atoms with Crippen LogP contribution in [0.25, 0.3) is 0 Å². The summed E-state index contributed by atoms with van der Waals surface area (Å²) in [6.45, 7) is 0. The minimum atomic E-state index is -2.95. The fourth-order valence-electron chi connectivity index (χ4n) is 0.371. The largest absolute Gasteiger partial charge is 0.214 e. The maximum atomic E-state index is 11.0. The van der Waals surface area contributed by atoms with Crippen LogP contribution in [-0.2, 0) is 10.0 Å². The Balaban J connectivity index is 3.90. The number of rotatable bonds is 4. The third-order valence-corrected chi connectivity index (χ3v) is 3.81. The van der Waals surface area contributed by atoms with Gasteiger partial charge in [-0.2, -0.15) is 11.8 Å². The molecular formula is C5H13NO2S2. The molecule has 0 aromatic rings. The first-order valence-corrected chi connectivity index (χ1v) is 5.90. The van der Waals surface area contributed by atoms with E-state index in [1.165, 1.54) is 4.31 Å². The highest BCUT2D eigenvalue weighted by Gasteiger charge is 2.11. The summed E-state index contributed by atoms with van der Waals surface area (Å²) in [5, 5.41) is 0. The van der Waals surface area contributed by atoms with Crippen LogP contribution in [0.5, 0.6) is 0 Å². The highest BCUT2D eigenvalue weighted by molar-refractivity contribution is 7.99. The molecule has 0 rings (SSSR count). The van der Waals surface area contributed by atoms with Gasteiger partial charge in [-0.3, -0.25) is 0 Å². The van der Waals surface area contributed by atoms with Crippen molar-refractivity contribution < 1.29 is 8.42 Å². The molecule has 0 saturated carbocycles. The van der Waals surface area contributed by atoms with E-state index in [0.717, 1.165) is 0 Å². The zero-order chi connectivity index (χ0) is 8.20. The number of nitrogens with zero attached hydrogens (tertiary/aromatic N) is 1. The van der Waals surface area contributed by atoms with E-state index in [9.17, 15) is 8.42 Å². The predicted octanol–water partition coefficient (Wildman–Crippen LogP) is 0.241. The van der Waals surface area contributed by atoms with Crippen LogP contribution in [0.1, 0.15) is 0 Å². The summed E-state index contributed by atoms with van der Waals surface area (Å²) in [4.78, 5) is 0. The van der Waals surface area contributed by atoms with Gasteiger partial charge in [-0.05, 0) is 6.26 Å². The van der Waals surface area contributed by atoms with Gasteiger partial charge in [0.1, 0.15) is 0 Å². The van der Waals surface area contributed by atoms with Gasteiger partial charge in [0.2, 0.25) is 10.0 Å². The number of sulfonamides is 1. The van der Waals surface area contributed by atoms with E-state index in [1.54, 1.807) is 25.9 Å². The minimum absolute atomic E-state index is 0.237. The van der Waals surface area contributed by atoms with Crippen LogP contribution in [0.4, 0.5) is 0 Å². The molecule has 0 bridgehead atoms. The Kier molecular flexibility index (Phi) is 4.31. The summed E-state index contributed by atoms with van der Waals surface area (Å²) < 4.78 is 23.3. The van der Waals surface area contributed by atoms with Crippen LogP contribution >= 0.6 is 11.8 Å². The van der Waals surface area contributed by atoms with Crippen LogP contribution in [0.2, 0.25) is 0 Å². The highest BCUT2D eigenvalue weighted by atomic mass is 32.2. The lowest BCUT2D eigenvalue weighted by atomic mass is 11.0. The standard InChI is InChI=1S/C5H13NO2S2/c1-6(2)10(7,8)5-4-9-3/h4-5H2,1-3H3. The van der Waals surface area contributed by atoms with Crippen molar-refractivity contribution in [1.29, 1.82) is 0 Å². The molecule has 0 heterocycles. The lowest BCUT2D eigenvalue weighted by molar-refractivity contribution is 0.522. The van der Waals surface area contributed by atoms with E-state index in [1.807, 2.05) is 6.26 Å². The van der Waals surface area contributed by atoms with E-state index in [2.05, 4.69) is 0 Å². The predicted molar refractivity (Wildman–Crippen MR) is 45.9 cm³/mol. The highest BCUT2D eigenvalue weighted by Crippen LogP contribution is 1.98. The van der Waals surface area contributed by atoms with Gasteiger partial charge in [0.25, 0.3) is 0 Å². The average molecular weight is 183 g/mol. The first kappa shape index (κ1) is 10.3. The number of hydrogen-bond acceptors (Lipinski definition) is 3. The van der Waals surface area contributed by atoms with Gasteiger partial charge in [-0.15, -0.1) is 0 Å². The molecule has 0 amide bonds. The quantitative estimate of drug-likeness (QED) is 0.626. The monoisotopic (exact) mass is 183 g/mol. The minimum Gasteiger partial charge on any atom is -0.212 e. The first-order chi connectivity index (χ1) is 4.50. The van der Waals surface area contributed by atoms with Crippen molar-refractivity contribution in [1.82, 2.24) is 4.31 Å². The first-order valence-electron chi connectivity index (χ1n) is 2.90. The zero-order valence-corrected chi connectivity index (χ0v) is 8.13. The van der Waals surface area contributed by atoms with Crippen LogP contribution in [-0.4, -0.2) is 44.6 Å². The molecule has 10 heavy (non-hydrogen) atoms. The zero-order valence-electron chi connectivity index (χ0n) is 6.49. The van der Waals surface area contributed by atoms with Crippen LogP contribution in [0.15, 0.2) is 0 Å². The molecule has 0 aliphatic rings. The van der Waals surface area contributed by atoms with Gasteiger partial charge in [0.15, 0.2) is 0 Å². The van der Waals surface area contributed by atoms with Crippen molar-refractivity contribution in [3.05, 3.63) is 0 Å². The molecule has 0 N–H and O–H groups in total. The second-order valence-corrected chi connectivity index (χ2v) is 5.38. The van der Waals surface area contributed by atoms with Crippen LogP contribution < -0.4 is 0 Å². The molecule has 0 saturated heterocycles. The molecule has 3 nitrogen and oxygen atoms in total. The molecular weight excluding hydrogens is 170 g/mol. The molecule has 0 unspecified atom stereocenters. The topological polar surface area (TPSA) is 37.4 Å². The van der Waals surface area contributed by atoms with Crippen molar-refractivity contribution in [2.45, 2.75) is 0 Å². The van der Waals surface area contributed by atoms with Gasteiger partial charge in [0, 0.05) is 19.8 Å². The summed E-state index contributed by atoms with van der Waals surface area (Å²) in [5.74, 6) is 0.904. The third kappa shape index (κ3) is 3.43. The van der Waals surface area contributed by atoms with Gasteiger partial charge < -0.3 is 0 Å². The van der Waals surface area contributed by atoms with Gasteiger partial charge in [-0.1, -0.05) is 0 Å². The number of hydrogen-bond donors (Lipinski definition) is 0. The lowest BCUT2D eigenvalue weighted by Crippen LogP contribution is -2.25. The van der Waals surface area contributed by atoms with Gasteiger partial charge >= 0.3 is 0 Å². The Morgan fingerprint density at radius 1 is 1.40 bits per heavy atom. The summed E-state index contributed by atoms with van der Waals surface area (Å²) in [6, 6.07) is 0. The molecule has 0 aromatic heterocycles. The Hall–Kier alpha value is 0.260. The molecule has 5 heteroatoms. The summed E-state index contributed by atoms with van der Waals surface area (Å²) in [5.41, 5.74) is 0. The summed E-state index contributed by atoms with van der Waals surface area (Å²) >= 11 is 1.54. The maximum Gasteiger partial charge on any atom is 0.214 e.